The number of carbonyl (C=O) groups excluding carboxylic acids is 1. The van der Waals surface area contributed by atoms with Crippen molar-refractivity contribution in [2.45, 2.75) is 58.8 Å². The van der Waals surface area contributed by atoms with E-state index in [0.717, 1.165) is 37.9 Å². The van der Waals surface area contributed by atoms with E-state index < -0.39 is 0 Å². The van der Waals surface area contributed by atoms with E-state index in [1.807, 2.05) is 0 Å². The molecule has 0 saturated heterocycles. The van der Waals surface area contributed by atoms with Crippen LogP contribution < -0.4 is 0 Å². The maximum absolute atomic E-state index is 11.2. The van der Waals surface area contributed by atoms with Crippen LogP contribution in [0.4, 0.5) is 0 Å². The van der Waals surface area contributed by atoms with Gasteiger partial charge in [-0.15, -0.1) is 0 Å². The molecule has 0 spiro atoms. The molecule has 1 saturated carbocycles. The van der Waals surface area contributed by atoms with Gasteiger partial charge in [0.05, 0.1) is 5.69 Å². The van der Waals surface area contributed by atoms with Crippen molar-refractivity contribution in [1.29, 1.82) is 0 Å². The molecule has 17 heavy (non-hydrogen) atoms. The smallest absolute Gasteiger partial charge is 0.132 e. The number of rotatable bonds is 3. The van der Waals surface area contributed by atoms with Gasteiger partial charge in [0.15, 0.2) is 0 Å². The second kappa shape index (κ2) is 5.03. The maximum atomic E-state index is 11.2. The number of nitrogens with one attached hydrogen (secondary N) is 1. The number of ketones is 1. The van der Waals surface area contributed by atoms with E-state index in [0.29, 0.717) is 17.6 Å². The molecule has 1 aromatic heterocycles. The van der Waals surface area contributed by atoms with E-state index in [-0.39, 0.29) is 0 Å². The number of Topliss-reactive ketones (excluding diaryl/α,β-unsaturated/α-hetero) is 1. The van der Waals surface area contributed by atoms with Crippen molar-refractivity contribution in [3.05, 3.63) is 17.2 Å². The number of imidazole rings is 1. The first-order chi connectivity index (χ1) is 8.06. The minimum Gasteiger partial charge on any atom is -0.346 e. The normalized spacial score (nSPS) is 18.0. The van der Waals surface area contributed by atoms with Crippen LogP contribution in [-0.2, 0) is 11.2 Å². The molecule has 1 heterocycles. The van der Waals surface area contributed by atoms with Crippen molar-refractivity contribution < 1.29 is 4.79 Å². The Morgan fingerprint density at radius 1 is 1.35 bits per heavy atom. The third-order valence-corrected chi connectivity index (χ3v) is 3.54. The zero-order valence-electron chi connectivity index (χ0n) is 11.0. The molecular formula is C14H22N2O. The topological polar surface area (TPSA) is 45.8 Å². The Kier molecular flexibility index (Phi) is 3.65. The Morgan fingerprint density at radius 2 is 2.00 bits per heavy atom. The van der Waals surface area contributed by atoms with Gasteiger partial charge in [-0.05, 0) is 32.1 Å². The molecule has 3 nitrogen and oxygen atoms in total. The summed E-state index contributed by atoms with van der Waals surface area (Å²) in [6.45, 7) is 6.53. The van der Waals surface area contributed by atoms with E-state index in [4.69, 9.17) is 4.98 Å². The number of aryl methyl sites for hydroxylation is 1. The van der Waals surface area contributed by atoms with Gasteiger partial charge < -0.3 is 4.98 Å². The van der Waals surface area contributed by atoms with Crippen LogP contribution in [0.3, 0.4) is 0 Å². The van der Waals surface area contributed by atoms with Crippen LogP contribution >= 0.6 is 0 Å². The summed E-state index contributed by atoms with van der Waals surface area (Å²) in [7, 11) is 0. The summed E-state index contributed by atoms with van der Waals surface area (Å²) < 4.78 is 0. The van der Waals surface area contributed by atoms with Gasteiger partial charge in [-0.2, -0.15) is 0 Å². The molecule has 1 aliphatic carbocycles. The lowest BCUT2D eigenvalue weighted by Gasteiger charge is -2.18. The summed E-state index contributed by atoms with van der Waals surface area (Å²) in [4.78, 5) is 19.4. The van der Waals surface area contributed by atoms with Gasteiger partial charge in [0.25, 0.3) is 0 Å². The molecule has 0 atom stereocenters. The van der Waals surface area contributed by atoms with Gasteiger partial charge in [-0.3, -0.25) is 4.79 Å². The molecule has 1 aliphatic rings. The summed E-state index contributed by atoms with van der Waals surface area (Å²) in [6, 6.07) is 0. The van der Waals surface area contributed by atoms with Crippen molar-refractivity contribution >= 4 is 5.78 Å². The Bertz CT molecular complexity index is 396. The molecule has 0 unspecified atom stereocenters. The van der Waals surface area contributed by atoms with Gasteiger partial charge >= 0.3 is 0 Å². The fraction of sp³-hybridized carbons (Fsp3) is 0.714. The van der Waals surface area contributed by atoms with Crippen LogP contribution in [0.1, 0.15) is 62.7 Å². The molecule has 1 aromatic rings. The van der Waals surface area contributed by atoms with Crippen LogP contribution in [0, 0.1) is 12.8 Å². The zero-order chi connectivity index (χ0) is 12.4. The van der Waals surface area contributed by atoms with E-state index in [1.54, 1.807) is 0 Å². The number of aromatic nitrogens is 2. The minimum atomic E-state index is 0.409. The fourth-order valence-electron chi connectivity index (χ4n) is 2.51. The van der Waals surface area contributed by atoms with Gasteiger partial charge in [0.1, 0.15) is 11.6 Å². The Morgan fingerprint density at radius 3 is 2.59 bits per heavy atom. The Balaban J connectivity index is 2.08. The molecule has 1 N–H and O–H groups in total. The Labute approximate surface area is 103 Å². The molecule has 94 valence electrons. The third kappa shape index (κ3) is 2.96. The molecule has 3 heteroatoms. The summed E-state index contributed by atoms with van der Waals surface area (Å²) in [5.41, 5.74) is 2.40. The average Bonchev–Trinajstić information content (AvgIpc) is 2.60. The lowest BCUT2D eigenvalue weighted by molar-refractivity contribution is -0.120. The highest BCUT2D eigenvalue weighted by Gasteiger charge is 2.23. The van der Waals surface area contributed by atoms with Crippen LogP contribution in [-0.4, -0.2) is 15.8 Å². The average molecular weight is 234 g/mol. The first kappa shape index (κ1) is 12.3. The van der Waals surface area contributed by atoms with Crippen molar-refractivity contribution in [2.24, 2.45) is 5.92 Å². The molecule has 0 amide bonds. The highest BCUT2D eigenvalue weighted by atomic mass is 16.1. The molecule has 0 aromatic carbocycles. The number of carbonyl (C=O) groups is 1. The quantitative estimate of drug-likeness (QED) is 0.873. The number of H-pyrrole nitrogens is 1. The standard InChI is InChI=1S/C14H22N2O/c1-9(2)8-13-10(3)15-14(16-13)11-4-6-12(17)7-5-11/h9,11H,4-8H2,1-3H3,(H,15,16). The molecule has 0 bridgehead atoms. The van der Waals surface area contributed by atoms with E-state index in [1.165, 1.54) is 11.4 Å². The lowest BCUT2D eigenvalue weighted by atomic mass is 9.88. The van der Waals surface area contributed by atoms with Gasteiger partial charge in [-0.25, -0.2) is 4.98 Å². The second-order valence-electron chi connectivity index (χ2n) is 5.60. The summed E-state index contributed by atoms with van der Waals surface area (Å²) in [5.74, 6) is 2.61. The highest BCUT2D eigenvalue weighted by Crippen LogP contribution is 2.30. The predicted octanol–water partition coefficient (Wildman–Crippen LogP) is 3.14. The fourth-order valence-corrected chi connectivity index (χ4v) is 2.51. The first-order valence-electron chi connectivity index (χ1n) is 6.63. The van der Waals surface area contributed by atoms with E-state index in [2.05, 4.69) is 25.8 Å². The Hall–Kier alpha value is -1.12. The summed E-state index contributed by atoms with van der Waals surface area (Å²) in [5, 5.41) is 0. The zero-order valence-corrected chi connectivity index (χ0v) is 11.0. The summed E-state index contributed by atoms with van der Waals surface area (Å²) >= 11 is 0. The second-order valence-corrected chi connectivity index (χ2v) is 5.60. The number of aromatic amines is 1. The molecule has 0 aliphatic heterocycles. The minimum absolute atomic E-state index is 0.409. The SMILES string of the molecule is Cc1[nH]c(C2CCC(=O)CC2)nc1CC(C)C. The highest BCUT2D eigenvalue weighted by molar-refractivity contribution is 5.79. The predicted molar refractivity (Wildman–Crippen MR) is 68.1 cm³/mol. The number of nitrogens with zero attached hydrogens (tertiary/aromatic N) is 1. The van der Waals surface area contributed by atoms with Crippen LogP contribution in [0.15, 0.2) is 0 Å². The third-order valence-electron chi connectivity index (χ3n) is 3.54. The van der Waals surface area contributed by atoms with Gasteiger partial charge in [-0.1, -0.05) is 13.8 Å². The molecule has 2 rings (SSSR count). The number of hydrogen-bond donors (Lipinski definition) is 1. The number of hydrogen-bond acceptors (Lipinski definition) is 2. The summed E-state index contributed by atoms with van der Waals surface area (Å²) in [6.07, 6.45) is 4.42. The molecule has 1 fully saturated rings. The van der Waals surface area contributed by atoms with Crippen LogP contribution in [0.2, 0.25) is 0 Å². The van der Waals surface area contributed by atoms with Crippen molar-refractivity contribution in [3.8, 4) is 0 Å². The largest absolute Gasteiger partial charge is 0.346 e. The van der Waals surface area contributed by atoms with Crippen LogP contribution in [0.25, 0.3) is 0 Å². The van der Waals surface area contributed by atoms with Crippen molar-refractivity contribution in [3.63, 3.8) is 0 Å². The maximum Gasteiger partial charge on any atom is 0.132 e. The molecular weight excluding hydrogens is 212 g/mol. The molecule has 0 radical (unpaired) electrons. The van der Waals surface area contributed by atoms with Gasteiger partial charge in [0.2, 0.25) is 0 Å². The van der Waals surface area contributed by atoms with E-state index >= 15 is 0 Å². The lowest BCUT2D eigenvalue weighted by Crippen LogP contribution is -2.13. The van der Waals surface area contributed by atoms with Crippen molar-refractivity contribution in [2.75, 3.05) is 0 Å². The monoisotopic (exact) mass is 234 g/mol. The van der Waals surface area contributed by atoms with Crippen molar-refractivity contribution in [1.82, 2.24) is 9.97 Å². The van der Waals surface area contributed by atoms with Gasteiger partial charge in [0, 0.05) is 24.5 Å². The first-order valence-corrected chi connectivity index (χ1v) is 6.63. The van der Waals surface area contributed by atoms with E-state index in [9.17, 15) is 4.79 Å². The van der Waals surface area contributed by atoms with Crippen LogP contribution in [0.5, 0.6) is 0 Å².